The zero-order valence-electron chi connectivity index (χ0n) is 14.5. The number of hydrogen-bond donors (Lipinski definition) is 0. The van der Waals surface area contributed by atoms with Gasteiger partial charge in [0.15, 0.2) is 5.82 Å². The van der Waals surface area contributed by atoms with E-state index < -0.39 is 0 Å². The van der Waals surface area contributed by atoms with Crippen LogP contribution in [0.5, 0.6) is 0 Å². The first-order valence-corrected chi connectivity index (χ1v) is 9.08. The highest BCUT2D eigenvalue weighted by Gasteiger charge is 2.33. The number of nitrogens with zero attached hydrogens (tertiary/aromatic N) is 5. The summed E-state index contributed by atoms with van der Waals surface area (Å²) < 4.78 is 1.73. The molecule has 24 heavy (non-hydrogen) atoms. The van der Waals surface area contributed by atoms with E-state index in [1.807, 2.05) is 24.8 Å². The number of likely N-dealkylation sites (tertiary alicyclic amines) is 1. The third-order valence-electron chi connectivity index (χ3n) is 5.62. The summed E-state index contributed by atoms with van der Waals surface area (Å²) in [5, 5.41) is 4.47. The van der Waals surface area contributed by atoms with E-state index in [1.54, 1.807) is 4.52 Å². The number of piperidine rings is 1. The number of aromatic nitrogens is 4. The van der Waals surface area contributed by atoms with Gasteiger partial charge in [0.05, 0.1) is 6.42 Å². The van der Waals surface area contributed by atoms with E-state index in [2.05, 4.69) is 15.1 Å². The molecule has 2 aliphatic rings. The summed E-state index contributed by atoms with van der Waals surface area (Å²) in [5.74, 6) is 2.86. The Morgan fingerprint density at radius 3 is 2.79 bits per heavy atom. The van der Waals surface area contributed by atoms with Crippen LogP contribution in [0.15, 0.2) is 6.07 Å². The second kappa shape index (κ2) is 6.15. The van der Waals surface area contributed by atoms with Gasteiger partial charge < -0.3 is 4.90 Å². The molecule has 0 bridgehead atoms. The fourth-order valence-electron chi connectivity index (χ4n) is 4.36. The highest BCUT2D eigenvalue weighted by Crippen LogP contribution is 2.36. The molecular weight excluding hydrogens is 302 g/mol. The molecule has 1 aliphatic heterocycles. The van der Waals surface area contributed by atoms with E-state index in [0.29, 0.717) is 17.5 Å². The first-order valence-electron chi connectivity index (χ1n) is 9.08. The fraction of sp³-hybridized carbons (Fsp3) is 0.667. The summed E-state index contributed by atoms with van der Waals surface area (Å²) in [6, 6.07) is 1.97. The van der Waals surface area contributed by atoms with Gasteiger partial charge in [-0.15, -0.1) is 5.10 Å². The van der Waals surface area contributed by atoms with Gasteiger partial charge in [0.1, 0.15) is 0 Å². The van der Waals surface area contributed by atoms with Crippen LogP contribution in [0.3, 0.4) is 0 Å². The van der Waals surface area contributed by atoms with Crippen molar-refractivity contribution in [3.63, 3.8) is 0 Å². The van der Waals surface area contributed by atoms with Crippen LogP contribution in [0.25, 0.3) is 5.78 Å². The summed E-state index contributed by atoms with van der Waals surface area (Å²) in [6.45, 7) is 5.74. The largest absolute Gasteiger partial charge is 0.342 e. The summed E-state index contributed by atoms with van der Waals surface area (Å²) >= 11 is 0. The van der Waals surface area contributed by atoms with E-state index in [0.717, 1.165) is 36.8 Å². The van der Waals surface area contributed by atoms with Gasteiger partial charge in [-0.25, -0.2) is 9.50 Å². The number of carbonyl (C=O) groups excluding carboxylic acids is 1. The van der Waals surface area contributed by atoms with Crippen LogP contribution < -0.4 is 0 Å². The van der Waals surface area contributed by atoms with E-state index in [9.17, 15) is 4.79 Å². The molecule has 0 spiro atoms. The summed E-state index contributed by atoms with van der Waals surface area (Å²) in [5.41, 5.74) is 1.91. The zero-order chi connectivity index (χ0) is 16.7. The second-order valence-electron chi connectivity index (χ2n) is 7.39. The minimum Gasteiger partial charge on any atom is -0.342 e. The van der Waals surface area contributed by atoms with Crippen molar-refractivity contribution in [1.29, 1.82) is 0 Å². The molecule has 0 unspecified atom stereocenters. The van der Waals surface area contributed by atoms with Crippen LogP contribution in [0.4, 0.5) is 0 Å². The van der Waals surface area contributed by atoms with Crippen LogP contribution >= 0.6 is 0 Å². The third kappa shape index (κ3) is 2.89. The van der Waals surface area contributed by atoms with Gasteiger partial charge in [-0.3, -0.25) is 4.79 Å². The normalized spacial score (nSPS) is 24.2. The fourth-order valence-corrected chi connectivity index (χ4v) is 4.36. The predicted octanol–water partition coefficient (Wildman–Crippen LogP) is 2.32. The minimum absolute atomic E-state index is 0.157. The van der Waals surface area contributed by atoms with E-state index in [4.69, 9.17) is 0 Å². The van der Waals surface area contributed by atoms with Gasteiger partial charge in [-0.2, -0.15) is 4.98 Å². The summed E-state index contributed by atoms with van der Waals surface area (Å²) in [4.78, 5) is 23.6. The predicted molar refractivity (Wildman–Crippen MR) is 90.6 cm³/mol. The number of rotatable bonds is 2. The van der Waals surface area contributed by atoms with Gasteiger partial charge in [-0.1, -0.05) is 19.3 Å². The zero-order valence-corrected chi connectivity index (χ0v) is 14.5. The van der Waals surface area contributed by atoms with Gasteiger partial charge in [0.2, 0.25) is 5.91 Å². The maximum absolute atomic E-state index is 12.7. The Morgan fingerprint density at radius 1 is 1.17 bits per heavy atom. The molecule has 2 fully saturated rings. The highest BCUT2D eigenvalue weighted by atomic mass is 16.2. The monoisotopic (exact) mass is 327 g/mol. The average molecular weight is 327 g/mol. The Labute approximate surface area is 142 Å². The second-order valence-corrected chi connectivity index (χ2v) is 7.39. The lowest BCUT2D eigenvalue weighted by molar-refractivity contribution is -0.133. The lowest BCUT2D eigenvalue weighted by Crippen LogP contribution is -2.45. The molecule has 2 aromatic heterocycles. The van der Waals surface area contributed by atoms with Crippen molar-refractivity contribution in [2.45, 2.75) is 52.4 Å². The van der Waals surface area contributed by atoms with Crippen molar-refractivity contribution >= 4 is 11.7 Å². The van der Waals surface area contributed by atoms with Crippen LogP contribution in [0, 0.1) is 25.7 Å². The standard InChI is InChI=1S/C18H25N5O/c1-12-9-13(2)23-18(19-12)20-16(21-23)10-17(24)22-8-7-14-5-3-4-6-15(14)11-22/h9,14-15H,3-8,10-11H2,1-2H3/t14-,15-/m0/s1. The molecule has 1 saturated carbocycles. The molecule has 3 heterocycles. The number of amides is 1. The smallest absolute Gasteiger partial charge is 0.252 e. The van der Waals surface area contributed by atoms with E-state index in [1.165, 1.54) is 25.7 Å². The summed E-state index contributed by atoms with van der Waals surface area (Å²) in [7, 11) is 0. The quantitative estimate of drug-likeness (QED) is 0.849. The molecule has 0 radical (unpaired) electrons. The summed E-state index contributed by atoms with van der Waals surface area (Å²) in [6.07, 6.45) is 6.76. The first-order chi connectivity index (χ1) is 11.6. The molecule has 1 amide bonds. The van der Waals surface area contributed by atoms with Crippen LogP contribution in [0.1, 0.15) is 49.3 Å². The highest BCUT2D eigenvalue weighted by molar-refractivity contribution is 5.78. The molecule has 6 nitrogen and oxygen atoms in total. The van der Waals surface area contributed by atoms with Crippen LogP contribution in [-0.4, -0.2) is 43.5 Å². The molecular formula is C18H25N5O. The molecule has 6 heteroatoms. The molecule has 0 aromatic carbocycles. The lowest BCUT2D eigenvalue weighted by Gasteiger charge is -2.41. The van der Waals surface area contributed by atoms with Crippen molar-refractivity contribution in [2.75, 3.05) is 13.1 Å². The number of hydrogen-bond acceptors (Lipinski definition) is 4. The maximum Gasteiger partial charge on any atom is 0.252 e. The van der Waals surface area contributed by atoms with Crippen molar-refractivity contribution < 1.29 is 4.79 Å². The van der Waals surface area contributed by atoms with Gasteiger partial charge >= 0.3 is 0 Å². The average Bonchev–Trinajstić information content (AvgIpc) is 2.97. The molecule has 2 aromatic rings. The molecule has 128 valence electrons. The molecule has 1 aliphatic carbocycles. The van der Waals surface area contributed by atoms with Gasteiger partial charge in [0, 0.05) is 24.5 Å². The van der Waals surface area contributed by atoms with Gasteiger partial charge in [-0.05, 0) is 44.6 Å². The topological polar surface area (TPSA) is 63.4 Å². The van der Waals surface area contributed by atoms with E-state index >= 15 is 0 Å². The Balaban J connectivity index is 1.47. The van der Waals surface area contributed by atoms with Gasteiger partial charge in [0.25, 0.3) is 5.78 Å². The van der Waals surface area contributed by atoms with Crippen molar-refractivity contribution in [1.82, 2.24) is 24.5 Å². The molecule has 1 saturated heterocycles. The van der Waals surface area contributed by atoms with E-state index in [-0.39, 0.29) is 12.3 Å². The van der Waals surface area contributed by atoms with Crippen LogP contribution in [0.2, 0.25) is 0 Å². The van der Waals surface area contributed by atoms with Crippen molar-refractivity contribution in [3.05, 3.63) is 23.3 Å². The van der Waals surface area contributed by atoms with Crippen molar-refractivity contribution in [3.8, 4) is 0 Å². The van der Waals surface area contributed by atoms with Crippen molar-refractivity contribution in [2.24, 2.45) is 11.8 Å². The van der Waals surface area contributed by atoms with Crippen LogP contribution in [-0.2, 0) is 11.2 Å². The SMILES string of the molecule is Cc1cc(C)n2nc(CC(=O)N3CC[C@@H]4CCCC[C@H]4C3)nc2n1. The third-order valence-corrected chi connectivity index (χ3v) is 5.62. The maximum atomic E-state index is 12.7. The lowest BCUT2D eigenvalue weighted by atomic mass is 9.75. The molecule has 2 atom stereocenters. The Morgan fingerprint density at radius 2 is 1.96 bits per heavy atom. The Hall–Kier alpha value is -1.98. The number of aryl methyl sites for hydroxylation is 2. The number of fused-ring (bicyclic) bond motifs is 2. The molecule has 4 rings (SSSR count). The Kier molecular flexibility index (Phi) is 3.98. The number of carbonyl (C=O) groups is 1. The molecule has 0 N–H and O–H groups in total. The Bertz CT molecular complexity index is 768. The first kappa shape index (κ1) is 15.5. The minimum atomic E-state index is 0.157.